The van der Waals surface area contributed by atoms with Gasteiger partial charge in [0, 0.05) is 4.88 Å². The van der Waals surface area contributed by atoms with E-state index in [1.807, 2.05) is 12.1 Å². The molecule has 6 nitrogen and oxygen atoms in total. The zero-order valence-corrected chi connectivity index (χ0v) is 12.5. The number of rotatable bonds is 4. The van der Waals surface area contributed by atoms with E-state index < -0.39 is 11.8 Å². The predicted octanol–water partition coefficient (Wildman–Crippen LogP) is 1.87. The molecule has 8 heteroatoms. The predicted molar refractivity (Wildman–Crippen MR) is 78.3 cm³/mol. The van der Waals surface area contributed by atoms with Gasteiger partial charge in [0.2, 0.25) is 0 Å². The van der Waals surface area contributed by atoms with Crippen LogP contribution in [-0.2, 0) is 16.1 Å². The number of thiophene rings is 1. The molecule has 0 fully saturated rings. The first kappa shape index (κ1) is 14.5. The van der Waals surface area contributed by atoms with Crippen molar-refractivity contribution in [2.24, 2.45) is 5.10 Å². The van der Waals surface area contributed by atoms with E-state index >= 15 is 0 Å². The second-order valence-corrected chi connectivity index (χ2v) is 6.10. The van der Waals surface area contributed by atoms with Gasteiger partial charge in [0.25, 0.3) is 0 Å². The molecule has 0 saturated carbocycles. The van der Waals surface area contributed by atoms with E-state index in [-0.39, 0.29) is 6.54 Å². The van der Waals surface area contributed by atoms with Gasteiger partial charge in [-0.1, -0.05) is 0 Å². The minimum atomic E-state index is -0.830. The molecular formula is C12H10BrN3O3S. The first-order valence-electron chi connectivity index (χ1n) is 5.54. The summed E-state index contributed by atoms with van der Waals surface area (Å²) in [4.78, 5) is 23.7. The topological polar surface area (TPSA) is 83.7 Å². The quantitative estimate of drug-likeness (QED) is 0.498. The lowest BCUT2D eigenvalue weighted by Gasteiger charge is -2.01. The molecule has 2 amide bonds. The zero-order chi connectivity index (χ0) is 14.4. The fourth-order valence-electron chi connectivity index (χ4n) is 1.26. The third-order valence-electron chi connectivity index (χ3n) is 2.16. The third-order valence-corrected chi connectivity index (χ3v) is 3.72. The summed E-state index contributed by atoms with van der Waals surface area (Å²) in [5.74, 6) is -1.03. The average Bonchev–Trinajstić information content (AvgIpc) is 3.07. The Morgan fingerprint density at radius 1 is 1.35 bits per heavy atom. The average molecular weight is 356 g/mol. The Labute approximate surface area is 127 Å². The number of carbonyl (C=O) groups is 2. The molecule has 104 valence electrons. The lowest BCUT2D eigenvalue weighted by molar-refractivity contribution is -0.139. The summed E-state index contributed by atoms with van der Waals surface area (Å²) in [6.07, 6.45) is 2.96. The first-order valence-corrected chi connectivity index (χ1v) is 7.15. The highest BCUT2D eigenvalue weighted by Crippen LogP contribution is 2.20. The van der Waals surface area contributed by atoms with Crippen LogP contribution in [0.4, 0.5) is 0 Å². The molecule has 0 bridgehead atoms. The normalized spacial score (nSPS) is 10.7. The van der Waals surface area contributed by atoms with Crippen LogP contribution in [0, 0.1) is 0 Å². The smallest absolute Gasteiger partial charge is 0.329 e. The molecule has 2 aromatic rings. The maximum Gasteiger partial charge on any atom is 0.329 e. The highest BCUT2D eigenvalue weighted by Gasteiger charge is 2.12. The summed E-state index contributed by atoms with van der Waals surface area (Å²) in [7, 11) is 0. The highest BCUT2D eigenvalue weighted by atomic mass is 79.9. The van der Waals surface area contributed by atoms with E-state index in [1.54, 1.807) is 12.1 Å². The Morgan fingerprint density at radius 3 is 2.85 bits per heavy atom. The van der Waals surface area contributed by atoms with Crippen molar-refractivity contribution in [2.45, 2.75) is 6.54 Å². The number of nitrogens with one attached hydrogen (secondary N) is 2. The molecule has 0 saturated heterocycles. The molecule has 0 atom stereocenters. The number of amides is 2. The van der Waals surface area contributed by atoms with Gasteiger partial charge in [-0.25, -0.2) is 5.43 Å². The van der Waals surface area contributed by atoms with E-state index in [1.165, 1.54) is 23.8 Å². The van der Waals surface area contributed by atoms with Crippen LogP contribution in [0.15, 0.2) is 43.8 Å². The zero-order valence-electron chi connectivity index (χ0n) is 10.1. The number of hydrogen-bond donors (Lipinski definition) is 2. The Morgan fingerprint density at radius 2 is 2.20 bits per heavy atom. The molecule has 2 heterocycles. The van der Waals surface area contributed by atoms with Gasteiger partial charge in [-0.05, 0) is 40.2 Å². The molecule has 0 aliphatic rings. The van der Waals surface area contributed by atoms with Crippen LogP contribution in [0.5, 0.6) is 0 Å². The Bertz CT molecular complexity index is 622. The van der Waals surface area contributed by atoms with Crippen molar-refractivity contribution in [1.29, 1.82) is 0 Å². The van der Waals surface area contributed by atoms with Crippen LogP contribution in [0.1, 0.15) is 10.6 Å². The fourth-order valence-corrected chi connectivity index (χ4v) is 2.56. The first-order chi connectivity index (χ1) is 9.65. The van der Waals surface area contributed by atoms with Gasteiger partial charge in [0.1, 0.15) is 5.76 Å². The van der Waals surface area contributed by atoms with E-state index in [2.05, 4.69) is 31.8 Å². The van der Waals surface area contributed by atoms with Crippen LogP contribution < -0.4 is 10.7 Å². The van der Waals surface area contributed by atoms with Crippen molar-refractivity contribution < 1.29 is 14.0 Å². The van der Waals surface area contributed by atoms with Gasteiger partial charge in [-0.2, -0.15) is 5.10 Å². The minimum absolute atomic E-state index is 0.154. The van der Waals surface area contributed by atoms with E-state index in [9.17, 15) is 9.59 Å². The molecule has 20 heavy (non-hydrogen) atoms. The van der Waals surface area contributed by atoms with Crippen LogP contribution in [0.2, 0.25) is 0 Å². The molecule has 0 aromatic carbocycles. The molecule has 0 aliphatic heterocycles. The summed E-state index contributed by atoms with van der Waals surface area (Å²) in [6.45, 7) is 0.154. The molecule has 2 N–H and O–H groups in total. The Balaban J connectivity index is 1.76. The lowest BCUT2D eigenvalue weighted by Crippen LogP contribution is -2.37. The van der Waals surface area contributed by atoms with Crippen molar-refractivity contribution in [3.63, 3.8) is 0 Å². The Kier molecular flexibility index (Phi) is 5.08. The summed E-state index contributed by atoms with van der Waals surface area (Å²) < 4.78 is 5.99. The highest BCUT2D eigenvalue weighted by molar-refractivity contribution is 9.11. The maximum atomic E-state index is 11.4. The molecule has 2 rings (SSSR count). The van der Waals surface area contributed by atoms with E-state index in [0.717, 1.165) is 8.66 Å². The van der Waals surface area contributed by atoms with E-state index in [0.29, 0.717) is 5.76 Å². The lowest BCUT2D eigenvalue weighted by atomic mass is 10.4. The number of halogens is 1. The Hall–Kier alpha value is -1.93. The molecule has 0 radical (unpaired) electrons. The van der Waals surface area contributed by atoms with Gasteiger partial charge in [-0.15, -0.1) is 11.3 Å². The monoisotopic (exact) mass is 355 g/mol. The van der Waals surface area contributed by atoms with Crippen molar-refractivity contribution >= 4 is 45.3 Å². The van der Waals surface area contributed by atoms with Gasteiger partial charge in [-0.3, -0.25) is 9.59 Å². The summed E-state index contributed by atoms with van der Waals surface area (Å²) in [5, 5.41) is 6.12. The van der Waals surface area contributed by atoms with Crippen molar-refractivity contribution in [1.82, 2.24) is 10.7 Å². The molecule has 2 aromatic heterocycles. The van der Waals surface area contributed by atoms with Crippen LogP contribution in [0.3, 0.4) is 0 Å². The molecule has 0 unspecified atom stereocenters. The maximum absolute atomic E-state index is 11.4. The minimum Gasteiger partial charge on any atom is -0.467 e. The van der Waals surface area contributed by atoms with Gasteiger partial charge in [0.05, 0.1) is 22.8 Å². The van der Waals surface area contributed by atoms with Crippen LogP contribution >= 0.6 is 27.3 Å². The van der Waals surface area contributed by atoms with Crippen molar-refractivity contribution in [3.8, 4) is 0 Å². The second-order valence-electron chi connectivity index (χ2n) is 3.60. The number of carbonyl (C=O) groups excluding carboxylic acids is 2. The largest absolute Gasteiger partial charge is 0.467 e. The third kappa shape index (κ3) is 4.32. The number of hydrogen-bond acceptors (Lipinski definition) is 5. The number of hydrazone groups is 1. The number of nitrogens with zero attached hydrogens (tertiary/aromatic N) is 1. The summed E-state index contributed by atoms with van der Waals surface area (Å²) >= 11 is 4.77. The number of furan rings is 1. The van der Waals surface area contributed by atoms with E-state index in [4.69, 9.17) is 4.42 Å². The second kappa shape index (κ2) is 7.01. The van der Waals surface area contributed by atoms with Crippen LogP contribution in [-0.4, -0.2) is 18.0 Å². The standard InChI is InChI=1S/C12H10BrN3O3S/c13-10-4-3-9(20-10)7-15-16-12(18)11(17)14-6-8-2-1-5-19-8/h1-5,7H,6H2,(H,14,17)(H,16,18)/b15-7+. The summed E-state index contributed by atoms with van der Waals surface area (Å²) in [6, 6.07) is 7.10. The fraction of sp³-hybridized carbons (Fsp3) is 0.0833. The van der Waals surface area contributed by atoms with Gasteiger partial charge < -0.3 is 9.73 Å². The molecule has 0 spiro atoms. The van der Waals surface area contributed by atoms with Gasteiger partial charge in [0.15, 0.2) is 0 Å². The van der Waals surface area contributed by atoms with Crippen molar-refractivity contribution in [2.75, 3.05) is 0 Å². The van der Waals surface area contributed by atoms with Crippen molar-refractivity contribution in [3.05, 3.63) is 45.0 Å². The van der Waals surface area contributed by atoms with Gasteiger partial charge >= 0.3 is 11.8 Å². The van der Waals surface area contributed by atoms with Crippen LogP contribution in [0.25, 0.3) is 0 Å². The molecular weight excluding hydrogens is 346 g/mol. The SMILES string of the molecule is O=C(NCc1ccco1)C(=O)N/N=C/c1ccc(Br)s1. The summed E-state index contributed by atoms with van der Waals surface area (Å²) in [5.41, 5.74) is 2.15. The molecule has 0 aliphatic carbocycles.